The van der Waals surface area contributed by atoms with E-state index in [1.807, 2.05) is 17.5 Å². The van der Waals surface area contributed by atoms with Crippen LogP contribution in [0.3, 0.4) is 0 Å². The lowest BCUT2D eigenvalue weighted by molar-refractivity contribution is -0.119. The monoisotopic (exact) mass is 369 g/mol. The van der Waals surface area contributed by atoms with Crippen LogP contribution >= 0.6 is 11.3 Å². The number of esters is 1. The fourth-order valence-corrected chi connectivity index (χ4v) is 3.14. The molecule has 2 heterocycles. The molecule has 1 aromatic carbocycles. The van der Waals surface area contributed by atoms with Crippen LogP contribution in [-0.4, -0.2) is 28.0 Å². The molecule has 0 aliphatic carbocycles. The minimum absolute atomic E-state index is 0.357. The molecule has 0 radical (unpaired) electrons. The van der Waals surface area contributed by atoms with Gasteiger partial charge in [0, 0.05) is 24.2 Å². The number of aryl methyl sites for hydroxylation is 2. The van der Waals surface area contributed by atoms with Gasteiger partial charge >= 0.3 is 5.97 Å². The summed E-state index contributed by atoms with van der Waals surface area (Å²) >= 11 is 1.33. The molecule has 0 saturated heterocycles. The zero-order valence-electron chi connectivity index (χ0n) is 14.6. The summed E-state index contributed by atoms with van der Waals surface area (Å²) in [7, 11) is 1.74. The third-order valence-corrected chi connectivity index (χ3v) is 4.65. The van der Waals surface area contributed by atoms with E-state index < -0.39 is 11.9 Å². The van der Waals surface area contributed by atoms with Crippen LogP contribution in [0.2, 0.25) is 0 Å². The molecule has 3 aromatic rings. The van der Waals surface area contributed by atoms with Crippen molar-refractivity contribution in [2.75, 3.05) is 11.9 Å². The molecule has 0 unspecified atom stereocenters. The Kier molecular flexibility index (Phi) is 5.48. The molecule has 0 atom stereocenters. The highest BCUT2D eigenvalue weighted by molar-refractivity contribution is 7.14. The van der Waals surface area contributed by atoms with Gasteiger partial charge in [0.1, 0.15) is 5.69 Å². The second kappa shape index (κ2) is 7.97. The van der Waals surface area contributed by atoms with Crippen molar-refractivity contribution in [2.24, 2.45) is 7.05 Å². The van der Waals surface area contributed by atoms with E-state index in [0.717, 1.165) is 17.7 Å². The molecule has 2 aromatic heterocycles. The third-order valence-electron chi connectivity index (χ3n) is 3.90. The number of nitrogens with one attached hydrogen (secondary N) is 1. The highest BCUT2D eigenvalue weighted by atomic mass is 32.1. The van der Waals surface area contributed by atoms with E-state index in [1.165, 1.54) is 16.9 Å². The van der Waals surface area contributed by atoms with Gasteiger partial charge in [-0.15, -0.1) is 11.3 Å². The van der Waals surface area contributed by atoms with Crippen molar-refractivity contribution < 1.29 is 14.3 Å². The van der Waals surface area contributed by atoms with Gasteiger partial charge < -0.3 is 9.30 Å². The SMILES string of the molecule is CCc1ccc(-c2csc(NC(=O)COC(=O)c3cccn3C)n2)cc1. The minimum atomic E-state index is -0.538. The summed E-state index contributed by atoms with van der Waals surface area (Å²) in [6.45, 7) is 1.75. The zero-order chi connectivity index (χ0) is 18.5. The van der Waals surface area contributed by atoms with Gasteiger partial charge in [-0.3, -0.25) is 10.1 Å². The number of aromatic nitrogens is 2. The molecule has 0 saturated carbocycles. The highest BCUT2D eigenvalue weighted by Gasteiger charge is 2.14. The summed E-state index contributed by atoms with van der Waals surface area (Å²) in [6.07, 6.45) is 2.72. The Morgan fingerprint density at radius 3 is 2.65 bits per heavy atom. The first-order valence-electron chi connectivity index (χ1n) is 8.20. The Balaban J connectivity index is 1.55. The molecule has 0 aliphatic heterocycles. The highest BCUT2D eigenvalue weighted by Crippen LogP contribution is 2.25. The van der Waals surface area contributed by atoms with Gasteiger partial charge in [-0.25, -0.2) is 9.78 Å². The number of carbonyl (C=O) groups excluding carboxylic acids is 2. The average Bonchev–Trinajstić information content (AvgIpc) is 3.29. The maximum Gasteiger partial charge on any atom is 0.355 e. The van der Waals surface area contributed by atoms with Gasteiger partial charge in [0.2, 0.25) is 0 Å². The zero-order valence-corrected chi connectivity index (χ0v) is 15.4. The van der Waals surface area contributed by atoms with Crippen LogP contribution in [0.5, 0.6) is 0 Å². The lowest BCUT2D eigenvalue weighted by Crippen LogP contribution is -2.21. The number of benzene rings is 1. The second-order valence-electron chi connectivity index (χ2n) is 5.72. The number of hydrogen-bond acceptors (Lipinski definition) is 5. The Morgan fingerprint density at radius 2 is 2.00 bits per heavy atom. The van der Waals surface area contributed by atoms with E-state index in [1.54, 1.807) is 29.9 Å². The quantitative estimate of drug-likeness (QED) is 0.675. The third kappa shape index (κ3) is 4.18. The first-order valence-corrected chi connectivity index (χ1v) is 9.08. The summed E-state index contributed by atoms with van der Waals surface area (Å²) in [5.41, 5.74) is 3.45. The first-order chi connectivity index (χ1) is 12.6. The number of hydrogen-bond donors (Lipinski definition) is 1. The fraction of sp³-hybridized carbons (Fsp3) is 0.211. The van der Waals surface area contributed by atoms with Crippen molar-refractivity contribution in [3.05, 3.63) is 59.2 Å². The smallest absolute Gasteiger partial charge is 0.355 e. The van der Waals surface area contributed by atoms with Gasteiger partial charge in [-0.2, -0.15) is 0 Å². The van der Waals surface area contributed by atoms with Crippen molar-refractivity contribution in [1.29, 1.82) is 0 Å². The number of ether oxygens (including phenoxy) is 1. The van der Waals surface area contributed by atoms with Gasteiger partial charge in [-0.1, -0.05) is 31.2 Å². The topological polar surface area (TPSA) is 73.2 Å². The van der Waals surface area contributed by atoms with E-state index in [2.05, 4.69) is 29.4 Å². The van der Waals surface area contributed by atoms with Crippen LogP contribution in [-0.2, 0) is 23.0 Å². The van der Waals surface area contributed by atoms with Crippen LogP contribution < -0.4 is 5.32 Å². The Labute approximate surface area is 155 Å². The molecule has 1 amide bonds. The summed E-state index contributed by atoms with van der Waals surface area (Å²) < 4.78 is 6.66. The number of thiazole rings is 1. The largest absolute Gasteiger partial charge is 0.451 e. The standard InChI is InChI=1S/C19H19N3O3S/c1-3-13-6-8-14(9-7-13)15-12-26-19(20-15)21-17(23)11-25-18(24)16-5-4-10-22(16)2/h4-10,12H,3,11H2,1-2H3,(H,20,21,23). The molecule has 134 valence electrons. The lowest BCUT2D eigenvalue weighted by atomic mass is 10.1. The molecule has 0 spiro atoms. The summed E-state index contributed by atoms with van der Waals surface area (Å²) in [5.74, 6) is -0.960. The van der Waals surface area contributed by atoms with E-state index in [0.29, 0.717) is 10.8 Å². The predicted octanol–water partition coefficient (Wildman–Crippen LogP) is 3.51. The molecule has 0 aliphatic rings. The molecule has 0 bridgehead atoms. The molecule has 26 heavy (non-hydrogen) atoms. The molecule has 3 rings (SSSR count). The van der Waals surface area contributed by atoms with Gasteiger partial charge in [0.25, 0.3) is 5.91 Å². The Hall–Kier alpha value is -2.93. The van der Waals surface area contributed by atoms with Crippen LogP contribution in [0.4, 0.5) is 5.13 Å². The van der Waals surface area contributed by atoms with Crippen LogP contribution in [0.1, 0.15) is 23.0 Å². The Bertz CT molecular complexity index is 912. The van der Waals surface area contributed by atoms with E-state index in [9.17, 15) is 9.59 Å². The van der Waals surface area contributed by atoms with Crippen LogP contribution in [0.25, 0.3) is 11.3 Å². The number of rotatable bonds is 6. The number of carbonyl (C=O) groups is 2. The normalized spacial score (nSPS) is 10.5. The van der Waals surface area contributed by atoms with Crippen molar-refractivity contribution >= 4 is 28.3 Å². The van der Waals surface area contributed by atoms with Crippen molar-refractivity contribution in [2.45, 2.75) is 13.3 Å². The van der Waals surface area contributed by atoms with Crippen molar-refractivity contribution in [1.82, 2.24) is 9.55 Å². The van der Waals surface area contributed by atoms with Crippen LogP contribution in [0.15, 0.2) is 48.0 Å². The van der Waals surface area contributed by atoms with E-state index in [4.69, 9.17) is 4.74 Å². The molecule has 1 N–H and O–H groups in total. The number of nitrogens with zero attached hydrogens (tertiary/aromatic N) is 2. The lowest BCUT2D eigenvalue weighted by Gasteiger charge is -2.05. The van der Waals surface area contributed by atoms with E-state index >= 15 is 0 Å². The van der Waals surface area contributed by atoms with Gasteiger partial charge in [0.15, 0.2) is 11.7 Å². The number of amides is 1. The molecule has 6 nitrogen and oxygen atoms in total. The van der Waals surface area contributed by atoms with Crippen LogP contribution in [0, 0.1) is 0 Å². The summed E-state index contributed by atoms with van der Waals surface area (Å²) in [6, 6.07) is 11.5. The maximum atomic E-state index is 12.0. The molecular formula is C19H19N3O3S. The molecule has 0 fully saturated rings. The maximum absolute atomic E-state index is 12.0. The Morgan fingerprint density at radius 1 is 1.23 bits per heavy atom. The predicted molar refractivity (Wildman–Crippen MR) is 101 cm³/mol. The summed E-state index contributed by atoms with van der Waals surface area (Å²) in [4.78, 5) is 28.3. The van der Waals surface area contributed by atoms with E-state index in [-0.39, 0.29) is 6.61 Å². The van der Waals surface area contributed by atoms with Crippen molar-refractivity contribution in [3.63, 3.8) is 0 Å². The van der Waals surface area contributed by atoms with Gasteiger partial charge in [-0.05, 0) is 24.1 Å². The molecular weight excluding hydrogens is 350 g/mol. The molecule has 7 heteroatoms. The first kappa shape index (κ1) is 17.9. The van der Waals surface area contributed by atoms with Gasteiger partial charge in [0.05, 0.1) is 5.69 Å². The fourth-order valence-electron chi connectivity index (χ4n) is 2.41. The average molecular weight is 369 g/mol. The minimum Gasteiger partial charge on any atom is -0.451 e. The number of anilines is 1. The van der Waals surface area contributed by atoms with Crippen molar-refractivity contribution in [3.8, 4) is 11.3 Å². The second-order valence-corrected chi connectivity index (χ2v) is 6.58. The summed E-state index contributed by atoms with van der Waals surface area (Å²) in [5, 5.41) is 5.01.